The highest BCUT2D eigenvalue weighted by Crippen LogP contribution is 2.15. The molecule has 0 bridgehead atoms. The fourth-order valence-electron chi connectivity index (χ4n) is 1.26. The average molecular weight is 269 g/mol. The fourth-order valence-corrected chi connectivity index (χ4v) is 1.26. The van der Waals surface area contributed by atoms with Gasteiger partial charge in [0.15, 0.2) is 5.84 Å². The first-order valence-corrected chi connectivity index (χ1v) is 5.63. The number of nitrogens with two attached hydrogens (primary N) is 1. The Morgan fingerprint density at radius 1 is 1.58 bits per heavy atom. The summed E-state index contributed by atoms with van der Waals surface area (Å²) < 4.78 is 18.7. The summed E-state index contributed by atoms with van der Waals surface area (Å²) in [4.78, 5) is 11.5. The minimum atomic E-state index is -0.679. The molecule has 0 aromatic heterocycles. The Morgan fingerprint density at radius 2 is 2.26 bits per heavy atom. The van der Waals surface area contributed by atoms with Gasteiger partial charge in [0.2, 0.25) is 5.91 Å². The van der Waals surface area contributed by atoms with Crippen LogP contribution in [0, 0.1) is 5.82 Å². The molecule has 19 heavy (non-hydrogen) atoms. The lowest BCUT2D eigenvalue weighted by molar-refractivity contribution is -0.121. The molecule has 0 unspecified atom stereocenters. The number of ether oxygens (including phenoxy) is 1. The molecule has 0 atom stereocenters. The van der Waals surface area contributed by atoms with Crippen LogP contribution in [0.3, 0.4) is 0 Å². The summed E-state index contributed by atoms with van der Waals surface area (Å²) in [5, 5.41) is 13.6. The first-order valence-electron chi connectivity index (χ1n) is 5.63. The maximum atomic E-state index is 13.7. The second-order valence-electron chi connectivity index (χ2n) is 4.09. The van der Waals surface area contributed by atoms with Crippen LogP contribution < -0.4 is 11.1 Å². The molecule has 0 heterocycles. The molecule has 0 fully saturated rings. The van der Waals surface area contributed by atoms with E-state index in [1.165, 1.54) is 12.1 Å². The Kier molecular flexibility index (Phi) is 5.25. The van der Waals surface area contributed by atoms with Crippen molar-refractivity contribution >= 4 is 17.4 Å². The third-order valence-electron chi connectivity index (χ3n) is 2.19. The number of halogens is 1. The third kappa shape index (κ3) is 4.55. The van der Waals surface area contributed by atoms with Crippen molar-refractivity contribution in [1.29, 1.82) is 0 Å². The van der Waals surface area contributed by atoms with Crippen molar-refractivity contribution in [3.05, 3.63) is 29.6 Å². The van der Waals surface area contributed by atoms with E-state index in [-0.39, 0.29) is 29.8 Å². The number of hydrogen-bond acceptors (Lipinski definition) is 4. The number of hydrogen-bond donors (Lipinski definition) is 3. The SMILES string of the molecule is CC(C)OCC(=O)Nc1ccc(/C(N)=N/O)cc1F. The zero-order valence-corrected chi connectivity index (χ0v) is 10.7. The van der Waals surface area contributed by atoms with Crippen molar-refractivity contribution in [2.75, 3.05) is 11.9 Å². The van der Waals surface area contributed by atoms with Gasteiger partial charge in [-0.2, -0.15) is 0 Å². The van der Waals surface area contributed by atoms with Gasteiger partial charge in [-0.3, -0.25) is 4.79 Å². The van der Waals surface area contributed by atoms with Crippen molar-refractivity contribution in [2.24, 2.45) is 10.9 Å². The van der Waals surface area contributed by atoms with E-state index in [9.17, 15) is 9.18 Å². The monoisotopic (exact) mass is 269 g/mol. The van der Waals surface area contributed by atoms with Crippen LogP contribution in [0.2, 0.25) is 0 Å². The first-order chi connectivity index (χ1) is 8.93. The molecule has 104 valence electrons. The molecule has 0 spiro atoms. The molecular formula is C12H16FN3O3. The van der Waals surface area contributed by atoms with Crippen molar-refractivity contribution in [3.8, 4) is 0 Å². The molecule has 0 aliphatic heterocycles. The van der Waals surface area contributed by atoms with E-state index in [0.717, 1.165) is 6.07 Å². The quantitative estimate of drug-likeness (QED) is 0.325. The van der Waals surface area contributed by atoms with E-state index in [1.807, 2.05) is 0 Å². The number of amides is 1. The number of anilines is 1. The number of carbonyl (C=O) groups is 1. The van der Waals surface area contributed by atoms with Gasteiger partial charge in [0, 0.05) is 5.56 Å². The molecule has 0 aliphatic carbocycles. The number of amidine groups is 1. The average Bonchev–Trinajstić information content (AvgIpc) is 2.37. The van der Waals surface area contributed by atoms with Crippen LogP contribution in [0.25, 0.3) is 0 Å². The Morgan fingerprint density at radius 3 is 2.79 bits per heavy atom. The predicted octanol–water partition coefficient (Wildman–Crippen LogP) is 1.28. The Labute approximate surface area is 110 Å². The van der Waals surface area contributed by atoms with Gasteiger partial charge in [-0.25, -0.2) is 4.39 Å². The minimum Gasteiger partial charge on any atom is -0.409 e. The standard InChI is InChI=1S/C12H16FN3O3/c1-7(2)19-6-11(17)15-10-4-3-8(5-9(10)13)12(14)16-18/h3-5,7,18H,6H2,1-2H3,(H2,14,16)(H,15,17). The smallest absolute Gasteiger partial charge is 0.250 e. The maximum Gasteiger partial charge on any atom is 0.250 e. The first kappa shape index (κ1) is 14.9. The van der Waals surface area contributed by atoms with Gasteiger partial charge < -0.3 is 21.0 Å². The highest BCUT2D eigenvalue weighted by Gasteiger charge is 2.10. The van der Waals surface area contributed by atoms with Crippen LogP contribution in [0.15, 0.2) is 23.4 Å². The van der Waals surface area contributed by atoms with E-state index in [0.29, 0.717) is 0 Å². The molecule has 6 nitrogen and oxygen atoms in total. The summed E-state index contributed by atoms with van der Waals surface area (Å²) in [6, 6.07) is 3.82. The largest absolute Gasteiger partial charge is 0.409 e. The lowest BCUT2D eigenvalue weighted by Crippen LogP contribution is -2.21. The Bertz CT molecular complexity index is 489. The predicted molar refractivity (Wildman–Crippen MR) is 68.6 cm³/mol. The Balaban J connectivity index is 2.72. The van der Waals surface area contributed by atoms with Gasteiger partial charge in [-0.05, 0) is 32.0 Å². The zero-order chi connectivity index (χ0) is 14.4. The van der Waals surface area contributed by atoms with Crippen LogP contribution in [0.4, 0.5) is 10.1 Å². The molecule has 1 amide bonds. The number of nitrogens with one attached hydrogen (secondary N) is 1. The van der Waals surface area contributed by atoms with Crippen molar-refractivity contribution in [3.63, 3.8) is 0 Å². The van der Waals surface area contributed by atoms with Gasteiger partial charge in [0.05, 0.1) is 11.8 Å². The molecule has 1 rings (SSSR count). The zero-order valence-electron chi connectivity index (χ0n) is 10.7. The van der Waals surface area contributed by atoms with E-state index in [1.54, 1.807) is 13.8 Å². The highest BCUT2D eigenvalue weighted by atomic mass is 19.1. The summed E-state index contributed by atoms with van der Waals surface area (Å²) in [7, 11) is 0. The number of rotatable bonds is 5. The van der Waals surface area contributed by atoms with Gasteiger partial charge in [-0.15, -0.1) is 0 Å². The van der Waals surface area contributed by atoms with Crippen LogP contribution in [0.5, 0.6) is 0 Å². The van der Waals surface area contributed by atoms with Gasteiger partial charge in [0.25, 0.3) is 0 Å². The minimum absolute atomic E-state index is 0.00634. The number of oxime groups is 1. The molecule has 0 aliphatic rings. The normalized spacial score (nSPS) is 11.7. The number of nitrogens with zero attached hydrogens (tertiary/aromatic N) is 1. The third-order valence-corrected chi connectivity index (χ3v) is 2.19. The fraction of sp³-hybridized carbons (Fsp3) is 0.333. The molecule has 1 aromatic rings. The van der Waals surface area contributed by atoms with E-state index in [4.69, 9.17) is 15.7 Å². The van der Waals surface area contributed by atoms with Crippen molar-refractivity contribution in [2.45, 2.75) is 20.0 Å². The lowest BCUT2D eigenvalue weighted by Gasteiger charge is -2.09. The van der Waals surface area contributed by atoms with Gasteiger partial charge in [-0.1, -0.05) is 5.16 Å². The Hall–Kier alpha value is -2.15. The van der Waals surface area contributed by atoms with E-state index in [2.05, 4.69) is 10.5 Å². The highest BCUT2D eigenvalue weighted by molar-refractivity contribution is 5.98. The molecule has 0 radical (unpaired) electrons. The molecule has 1 aromatic carbocycles. The number of carbonyl (C=O) groups excluding carboxylic acids is 1. The van der Waals surface area contributed by atoms with E-state index < -0.39 is 11.7 Å². The van der Waals surface area contributed by atoms with Crippen LogP contribution in [0.1, 0.15) is 19.4 Å². The van der Waals surface area contributed by atoms with Gasteiger partial charge in [0.1, 0.15) is 12.4 Å². The summed E-state index contributed by atoms with van der Waals surface area (Å²) in [6.45, 7) is 3.43. The summed E-state index contributed by atoms with van der Waals surface area (Å²) >= 11 is 0. The second-order valence-corrected chi connectivity index (χ2v) is 4.09. The molecule has 0 saturated heterocycles. The second kappa shape index (κ2) is 6.69. The summed E-state index contributed by atoms with van der Waals surface area (Å²) in [5.41, 5.74) is 5.55. The molecular weight excluding hydrogens is 253 g/mol. The molecule has 7 heteroatoms. The lowest BCUT2D eigenvalue weighted by atomic mass is 10.2. The molecule has 0 saturated carbocycles. The topological polar surface area (TPSA) is 96.9 Å². The summed E-state index contributed by atoms with van der Waals surface area (Å²) in [6.07, 6.45) is -0.0847. The number of benzene rings is 1. The van der Waals surface area contributed by atoms with Crippen molar-refractivity contribution < 1.29 is 19.1 Å². The van der Waals surface area contributed by atoms with Crippen LogP contribution in [-0.4, -0.2) is 29.7 Å². The van der Waals surface area contributed by atoms with Crippen LogP contribution >= 0.6 is 0 Å². The van der Waals surface area contributed by atoms with Crippen LogP contribution in [-0.2, 0) is 9.53 Å². The van der Waals surface area contributed by atoms with Gasteiger partial charge >= 0.3 is 0 Å². The summed E-state index contributed by atoms with van der Waals surface area (Å²) in [5.74, 6) is -1.34. The molecule has 4 N–H and O–H groups in total. The van der Waals surface area contributed by atoms with Crippen molar-refractivity contribution in [1.82, 2.24) is 0 Å². The van der Waals surface area contributed by atoms with E-state index >= 15 is 0 Å². The maximum absolute atomic E-state index is 13.7.